The Morgan fingerprint density at radius 3 is 2.61 bits per heavy atom. The molecule has 1 saturated heterocycles. The SMILES string of the molecule is CC(C)c1ccc(C2CCC(=O)NC2=O)c(Cl)c1. The number of carbonyl (C=O) groups is 2. The highest BCUT2D eigenvalue weighted by Gasteiger charge is 2.29. The van der Waals surface area contributed by atoms with E-state index >= 15 is 0 Å². The van der Waals surface area contributed by atoms with Gasteiger partial charge in [0.1, 0.15) is 0 Å². The largest absolute Gasteiger partial charge is 0.296 e. The summed E-state index contributed by atoms with van der Waals surface area (Å²) in [7, 11) is 0. The van der Waals surface area contributed by atoms with Crippen LogP contribution in [0, 0.1) is 0 Å². The van der Waals surface area contributed by atoms with E-state index in [4.69, 9.17) is 11.6 Å². The van der Waals surface area contributed by atoms with Gasteiger partial charge in [-0.1, -0.05) is 37.6 Å². The third kappa shape index (κ3) is 2.56. The summed E-state index contributed by atoms with van der Waals surface area (Å²) in [5.74, 6) is -0.355. The van der Waals surface area contributed by atoms with Gasteiger partial charge in [0.05, 0.1) is 5.92 Å². The van der Waals surface area contributed by atoms with Gasteiger partial charge in [0, 0.05) is 11.4 Å². The van der Waals surface area contributed by atoms with Crippen LogP contribution in [0.5, 0.6) is 0 Å². The van der Waals surface area contributed by atoms with Crippen molar-refractivity contribution in [1.82, 2.24) is 5.32 Å². The Labute approximate surface area is 112 Å². The van der Waals surface area contributed by atoms with Crippen molar-refractivity contribution >= 4 is 23.4 Å². The fraction of sp³-hybridized carbons (Fsp3) is 0.429. The zero-order valence-electron chi connectivity index (χ0n) is 10.5. The van der Waals surface area contributed by atoms with Crippen molar-refractivity contribution in [2.24, 2.45) is 0 Å². The molecule has 0 radical (unpaired) electrons. The summed E-state index contributed by atoms with van der Waals surface area (Å²) < 4.78 is 0. The molecule has 18 heavy (non-hydrogen) atoms. The van der Waals surface area contributed by atoms with Crippen LogP contribution in [-0.2, 0) is 9.59 Å². The molecule has 4 heteroatoms. The molecular formula is C14H16ClNO2. The van der Waals surface area contributed by atoms with Crippen LogP contribution < -0.4 is 5.32 Å². The van der Waals surface area contributed by atoms with E-state index in [1.54, 1.807) is 0 Å². The predicted molar refractivity (Wildman–Crippen MR) is 70.7 cm³/mol. The molecule has 1 aromatic rings. The van der Waals surface area contributed by atoms with Gasteiger partial charge >= 0.3 is 0 Å². The number of imide groups is 1. The quantitative estimate of drug-likeness (QED) is 0.836. The van der Waals surface area contributed by atoms with Crippen LogP contribution in [0.15, 0.2) is 18.2 Å². The molecule has 2 rings (SSSR count). The Morgan fingerprint density at radius 2 is 2.06 bits per heavy atom. The molecule has 1 unspecified atom stereocenters. The molecule has 1 N–H and O–H groups in total. The van der Waals surface area contributed by atoms with E-state index in [0.717, 1.165) is 11.1 Å². The van der Waals surface area contributed by atoms with Crippen molar-refractivity contribution in [3.05, 3.63) is 34.3 Å². The second-order valence-electron chi connectivity index (χ2n) is 4.94. The Bertz CT molecular complexity index is 497. The van der Waals surface area contributed by atoms with Gasteiger partial charge in [-0.2, -0.15) is 0 Å². The molecule has 1 aromatic carbocycles. The summed E-state index contributed by atoms with van der Waals surface area (Å²) in [6, 6.07) is 5.80. The van der Waals surface area contributed by atoms with Gasteiger partial charge in [-0.3, -0.25) is 14.9 Å². The number of piperidine rings is 1. The molecule has 0 spiro atoms. The predicted octanol–water partition coefficient (Wildman–Crippen LogP) is 2.98. The average Bonchev–Trinajstić information content (AvgIpc) is 2.30. The van der Waals surface area contributed by atoms with Gasteiger partial charge in [0.15, 0.2) is 0 Å². The first-order valence-corrected chi connectivity index (χ1v) is 6.50. The summed E-state index contributed by atoms with van der Waals surface area (Å²) in [4.78, 5) is 22.9. The Kier molecular flexibility index (Phi) is 3.71. The normalized spacial score (nSPS) is 20.1. The summed E-state index contributed by atoms with van der Waals surface area (Å²) in [5, 5.41) is 2.96. The Hall–Kier alpha value is -1.35. The van der Waals surface area contributed by atoms with Gasteiger partial charge in [-0.15, -0.1) is 0 Å². The molecule has 0 aromatic heterocycles. The lowest BCUT2D eigenvalue weighted by Gasteiger charge is -2.22. The number of hydrogen-bond donors (Lipinski definition) is 1. The zero-order valence-corrected chi connectivity index (χ0v) is 11.3. The maximum atomic E-state index is 11.8. The minimum atomic E-state index is -0.309. The highest BCUT2D eigenvalue weighted by atomic mass is 35.5. The van der Waals surface area contributed by atoms with Crippen LogP contribution in [0.1, 0.15) is 49.7 Å². The van der Waals surface area contributed by atoms with Gasteiger partial charge < -0.3 is 0 Å². The molecular weight excluding hydrogens is 250 g/mol. The van der Waals surface area contributed by atoms with Crippen LogP contribution in [0.2, 0.25) is 5.02 Å². The molecule has 1 aliphatic heterocycles. The van der Waals surface area contributed by atoms with Gasteiger partial charge in [0.2, 0.25) is 11.8 Å². The first-order valence-electron chi connectivity index (χ1n) is 6.12. The van der Waals surface area contributed by atoms with E-state index in [1.165, 1.54) is 0 Å². The molecule has 1 atom stereocenters. The Balaban J connectivity index is 2.28. The van der Waals surface area contributed by atoms with E-state index in [-0.39, 0.29) is 17.7 Å². The van der Waals surface area contributed by atoms with Gasteiger partial charge in [-0.25, -0.2) is 0 Å². The highest BCUT2D eigenvalue weighted by Crippen LogP contribution is 2.32. The maximum Gasteiger partial charge on any atom is 0.234 e. The van der Waals surface area contributed by atoms with Crippen LogP contribution in [0.25, 0.3) is 0 Å². The topological polar surface area (TPSA) is 46.2 Å². The first-order chi connectivity index (χ1) is 8.49. The van der Waals surface area contributed by atoms with Gasteiger partial charge in [-0.05, 0) is 29.5 Å². The first kappa shape index (κ1) is 13.1. The molecule has 1 aliphatic rings. The van der Waals surface area contributed by atoms with E-state index in [0.29, 0.717) is 23.8 Å². The summed E-state index contributed by atoms with van der Waals surface area (Å²) in [5.41, 5.74) is 1.96. The Morgan fingerprint density at radius 1 is 1.33 bits per heavy atom. The second-order valence-corrected chi connectivity index (χ2v) is 5.35. The van der Waals surface area contributed by atoms with Crippen LogP contribution in [0.4, 0.5) is 0 Å². The number of rotatable bonds is 2. The summed E-state index contributed by atoms with van der Waals surface area (Å²) in [6.45, 7) is 4.19. The standard InChI is InChI=1S/C14H16ClNO2/c1-8(2)9-3-4-10(12(15)7-9)11-5-6-13(17)16-14(11)18/h3-4,7-8,11H,5-6H2,1-2H3,(H,16,17,18). The van der Waals surface area contributed by atoms with Crippen molar-refractivity contribution in [3.8, 4) is 0 Å². The molecule has 96 valence electrons. The molecule has 0 saturated carbocycles. The fourth-order valence-corrected chi connectivity index (χ4v) is 2.50. The minimum absolute atomic E-state index is 0.203. The van der Waals surface area contributed by atoms with Crippen LogP contribution in [-0.4, -0.2) is 11.8 Å². The monoisotopic (exact) mass is 265 g/mol. The van der Waals surface area contributed by atoms with Crippen LogP contribution >= 0.6 is 11.6 Å². The molecule has 3 nitrogen and oxygen atoms in total. The number of carbonyl (C=O) groups excluding carboxylic acids is 2. The lowest BCUT2D eigenvalue weighted by molar-refractivity contribution is -0.134. The molecule has 0 aliphatic carbocycles. The number of hydrogen-bond acceptors (Lipinski definition) is 2. The highest BCUT2D eigenvalue weighted by molar-refractivity contribution is 6.31. The third-order valence-corrected chi connectivity index (χ3v) is 3.63. The number of benzene rings is 1. The number of nitrogens with one attached hydrogen (secondary N) is 1. The molecule has 1 fully saturated rings. The second kappa shape index (κ2) is 5.11. The zero-order chi connectivity index (χ0) is 13.3. The van der Waals surface area contributed by atoms with Crippen molar-refractivity contribution < 1.29 is 9.59 Å². The third-order valence-electron chi connectivity index (χ3n) is 3.31. The molecule has 0 bridgehead atoms. The number of amides is 2. The average molecular weight is 266 g/mol. The van der Waals surface area contributed by atoms with E-state index in [9.17, 15) is 9.59 Å². The van der Waals surface area contributed by atoms with Gasteiger partial charge in [0.25, 0.3) is 0 Å². The van der Waals surface area contributed by atoms with Crippen molar-refractivity contribution in [2.45, 2.75) is 38.5 Å². The van der Waals surface area contributed by atoms with Crippen molar-refractivity contribution in [2.75, 3.05) is 0 Å². The smallest absolute Gasteiger partial charge is 0.234 e. The summed E-state index contributed by atoms with van der Waals surface area (Å²) >= 11 is 6.24. The minimum Gasteiger partial charge on any atom is -0.296 e. The van der Waals surface area contributed by atoms with Crippen molar-refractivity contribution in [3.63, 3.8) is 0 Å². The summed E-state index contributed by atoms with van der Waals surface area (Å²) in [6.07, 6.45) is 0.907. The molecule has 1 heterocycles. The fourth-order valence-electron chi connectivity index (χ4n) is 2.18. The van der Waals surface area contributed by atoms with Crippen LogP contribution in [0.3, 0.4) is 0 Å². The number of halogens is 1. The van der Waals surface area contributed by atoms with Crippen molar-refractivity contribution in [1.29, 1.82) is 0 Å². The molecule has 2 amide bonds. The van der Waals surface area contributed by atoms with E-state index < -0.39 is 0 Å². The lowest BCUT2D eigenvalue weighted by Crippen LogP contribution is -2.39. The maximum absolute atomic E-state index is 11.8. The van der Waals surface area contributed by atoms with E-state index in [2.05, 4.69) is 19.2 Å². The lowest BCUT2D eigenvalue weighted by atomic mass is 9.89. The van der Waals surface area contributed by atoms with E-state index in [1.807, 2.05) is 18.2 Å².